The number of hydrogen-bond acceptors (Lipinski definition) is 3. The van der Waals surface area contributed by atoms with Gasteiger partial charge in [0.2, 0.25) is 5.88 Å². The van der Waals surface area contributed by atoms with E-state index in [-0.39, 0.29) is 5.88 Å². The normalized spacial score (nSPS) is 9.90. The summed E-state index contributed by atoms with van der Waals surface area (Å²) in [7, 11) is 0. The highest BCUT2D eigenvalue weighted by atomic mass is 19.3. The van der Waals surface area contributed by atoms with Gasteiger partial charge >= 0.3 is 6.61 Å². The van der Waals surface area contributed by atoms with Gasteiger partial charge < -0.3 is 4.74 Å². The molecule has 0 N–H and O–H groups in total. The van der Waals surface area contributed by atoms with Gasteiger partial charge in [0.25, 0.3) is 0 Å². The van der Waals surface area contributed by atoms with E-state index in [0.29, 0.717) is 0 Å². The summed E-state index contributed by atoms with van der Waals surface area (Å²) in [5, 5.41) is 0. The number of rotatable bonds is 2. The molecule has 1 aromatic heterocycles. The van der Waals surface area contributed by atoms with Crippen LogP contribution in [0.5, 0.6) is 5.88 Å². The molecule has 0 aromatic carbocycles. The minimum atomic E-state index is -2.84. The van der Waals surface area contributed by atoms with Crippen LogP contribution in [-0.4, -0.2) is 16.6 Å². The Morgan fingerprint density at radius 2 is 2.20 bits per heavy atom. The van der Waals surface area contributed by atoms with Crippen LogP contribution in [0.4, 0.5) is 8.78 Å². The number of nitrogens with zero attached hydrogens (tertiary/aromatic N) is 2. The summed E-state index contributed by atoms with van der Waals surface area (Å²) < 4.78 is 26.8. The van der Waals surface area contributed by atoms with Crippen LogP contribution in [0.1, 0.15) is 0 Å². The predicted octanol–water partition coefficient (Wildman–Crippen LogP) is 1.08. The van der Waals surface area contributed by atoms with Gasteiger partial charge in [-0.1, -0.05) is 0 Å². The Hall–Kier alpha value is -1.26. The molecule has 3 nitrogen and oxygen atoms in total. The summed E-state index contributed by atoms with van der Waals surface area (Å²) in [6.07, 6.45) is 3.77. The van der Waals surface area contributed by atoms with E-state index in [0.717, 1.165) is 6.20 Å². The zero-order valence-corrected chi connectivity index (χ0v) is 4.87. The van der Waals surface area contributed by atoms with Crippen LogP contribution in [0.2, 0.25) is 0 Å². The van der Waals surface area contributed by atoms with Gasteiger partial charge in [-0.3, -0.25) is 4.98 Å². The largest absolute Gasteiger partial charge is 0.415 e. The van der Waals surface area contributed by atoms with Gasteiger partial charge in [0.05, 0.1) is 6.20 Å². The molecule has 0 saturated heterocycles. The zero-order chi connectivity index (χ0) is 7.40. The second kappa shape index (κ2) is 3.05. The molecular weight excluding hydrogens is 142 g/mol. The molecule has 1 rings (SSSR count). The van der Waals surface area contributed by atoms with E-state index in [1.54, 1.807) is 0 Å². The highest BCUT2D eigenvalue weighted by Gasteiger charge is 2.03. The minimum Gasteiger partial charge on any atom is -0.415 e. The van der Waals surface area contributed by atoms with Crippen LogP contribution in [0.3, 0.4) is 0 Å². The topological polar surface area (TPSA) is 35.0 Å². The van der Waals surface area contributed by atoms with Gasteiger partial charge in [-0.05, 0) is 0 Å². The smallest absolute Gasteiger partial charge is 0.388 e. The first-order valence-corrected chi connectivity index (χ1v) is 2.50. The van der Waals surface area contributed by atoms with Crippen LogP contribution in [0.25, 0.3) is 0 Å². The Morgan fingerprint density at radius 1 is 1.40 bits per heavy atom. The molecule has 1 heterocycles. The van der Waals surface area contributed by atoms with Crippen molar-refractivity contribution in [2.75, 3.05) is 0 Å². The van der Waals surface area contributed by atoms with Gasteiger partial charge in [-0.15, -0.1) is 0 Å². The fourth-order valence-electron chi connectivity index (χ4n) is 0.438. The molecule has 54 valence electrons. The molecule has 0 unspecified atom stereocenters. The maximum absolute atomic E-state index is 11.4. The predicted molar refractivity (Wildman–Crippen MR) is 28.7 cm³/mol. The Kier molecular flexibility index (Phi) is 2.09. The van der Waals surface area contributed by atoms with Crippen LogP contribution >= 0.6 is 0 Å². The van der Waals surface area contributed by atoms with E-state index in [1.165, 1.54) is 12.4 Å². The molecule has 5 heteroatoms. The monoisotopic (exact) mass is 146 g/mol. The molecule has 0 atom stereocenters. The lowest BCUT2D eigenvalue weighted by atomic mass is 10.7. The highest BCUT2D eigenvalue weighted by Crippen LogP contribution is 2.05. The molecule has 0 aliphatic rings. The van der Waals surface area contributed by atoms with Crippen LogP contribution in [0.15, 0.2) is 18.6 Å². The number of ether oxygens (including phenoxy) is 1. The third-order valence-electron chi connectivity index (χ3n) is 0.749. The lowest BCUT2D eigenvalue weighted by Crippen LogP contribution is -2.03. The van der Waals surface area contributed by atoms with Crippen molar-refractivity contribution < 1.29 is 13.5 Å². The van der Waals surface area contributed by atoms with Gasteiger partial charge in [0.1, 0.15) is 0 Å². The fraction of sp³-hybridized carbons (Fsp3) is 0.200. The molecule has 0 radical (unpaired) electrons. The molecule has 0 fully saturated rings. The maximum Gasteiger partial charge on any atom is 0.388 e. The Labute approximate surface area is 55.7 Å². The number of alkyl halides is 2. The summed E-state index contributed by atoms with van der Waals surface area (Å²) in [5.41, 5.74) is 0. The third kappa shape index (κ3) is 1.93. The van der Waals surface area contributed by atoms with E-state index >= 15 is 0 Å². The van der Waals surface area contributed by atoms with Gasteiger partial charge in [-0.2, -0.15) is 8.78 Å². The second-order valence-corrected chi connectivity index (χ2v) is 1.42. The molecule has 10 heavy (non-hydrogen) atoms. The van der Waals surface area contributed by atoms with E-state index < -0.39 is 6.61 Å². The summed E-state index contributed by atoms with van der Waals surface area (Å²) in [6.45, 7) is -2.84. The molecule has 0 bridgehead atoms. The van der Waals surface area contributed by atoms with Crippen molar-refractivity contribution in [3.8, 4) is 5.88 Å². The molecule has 1 aromatic rings. The first-order chi connectivity index (χ1) is 4.79. The SMILES string of the molecule is FC(F)Oc1cnccn1. The number of aromatic nitrogens is 2. The summed E-state index contributed by atoms with van der Waals surface area (Å²) >= 11 is 0. The summed E-state index contributed by atoms with van der Waals surface area (Å²) in [5.74, 6) is -0.169. The first-order valence-electron chi connectivity index (χ1n) is 2.50. The first kappa shape index (κ1) is 6.85. The van der Waals surface area contributed by atoms with E-state index in [1.807, 2.05) is 0 Å². The summed E-state index contributed by atoms with van der Waals surface area (Å²) in [6, 6.07) is 0. The maximum atomic E-state index is 11.4. The third-order valence-corrected chi connectivity index (χ3v) is 0.749. The van der Waals surface area contributed by atoms with Gasteiger partial charge in [0.15, 0.2) is 0 Å². The van der Waals surface area contributed by atoms with Crippen molar-refractivity contribution in [2.24, 2.45) is 0 Å². The molecule has 0 spiro atoms. The molecule has 0 saturated carbocycles. The van der Waals surface area contributed by atoms with Crippen molar-refractivity contribution in [1.82, 2.24) is 9.97 Å². The van der Waals surface area contributed by atoms with Crippen molar-refractivity contribution >= 4 is 0 Å². The highest BCUT2D eigenvalue weighted by molar-refractivity contribution is 5.00. The van der Waals surface area contributed by atoms with Crippen molar-refractivity contribution in [1.29, 1.82) is 0 Å². The lowest BCUT2D eigenvalue weighted by Gasteiger charge is -1.99. The molecular formula is C5H4F2N2O. The van der Waals surface area contributed by atoms with E-state index in [4.69, 9.17) is 0 Å². The lowest BCUT2D eigenvalue weighted by molar-refractivity contribution is -0.0531. The molecule has 0 aliphatic heterocycles. The van der Waals surface area contributed by atoms with Gasteiger partial charge in [-0.25, -0.2) is 4.98 Å². The number of halogens is 2. The average molecular weight is 146 g/mol. The van der Waals surface area contributed by atoms with Crippen molar-refractivity contribution in [2.45, 2.75) is 6.61 Å². The van der Waals surface area contributed by atoms with Gasteiger partial charge in [0, 0.05) is 12.4 Å². The Bertz CT molecular complexity index is 192. The van der Waals surface area contributed by atoms with E-state index in [2.05, 4.69) is 14.7 Å². The average Bonchev–Trinajstić information content (AvgIpc) is 1.88. The summed E-state index contributed by atoms with van der Waals surface area (Å²) in [4.78, 5) is 6.97. The Balaban J connectivity index is 2.59. The number of hydrogen-bond donors (Lipinski definition) is 0. The molecule has 0 amide bonds. The van der Waals surface area contributed by atoms with Crippen LogP contribution in [-0.2, 0) is 0 Å². The van der Waals surface area contributed by atoms with Crippen molar-refractivity contribution in [3.05, 3.63) is 18.6 Å². The standard InChI is InChI=1S/C5H4F2N2O/c6-5(7)10-4-3-8-1-2-9-4/h1-3,5H. The Morgan fingerprint density at radius 3 is 2.70 bits per heavy atom. The minimum absolute atomic E-state index is 0.169. The molecule has 0 aliphatic carbocycles. The van der Waals surface area contributed by atoms with Crippen LogP contribution < -0.4 is 4.74 Å². The fourth-order valence-corrected chi connectivity index (χ4v) is 0.438. The second-order valence-electron chi connectivity index (χ2n) is 1.42. The van der Waals surface area contributed by atoms with Crippen LogP contribution in [0, 0.1) is 0 Å². The van der Waals surface area contributed by atoms with E-state index in [9.17, 15) is 8.78 Å². The quantitative estimate of drug-likeness (QED) is 0.626. The zero-order valence-electron chi connectivity index (χ0n) is 4.87. The van der Waals surface area contributed by atoms with Crippen molar-refractivity contribution in [3.63, 3.8) is 0 Å².